The first-order chi connectivity index (χ1) is 6.09. The maximum Gasteiger partial charge on any atom is 0.132 e. The molecule has 0 aliphatic carbocycles. The Hall–Kier alpha value is -0.280. The minimum Gasteiger partial charge on any atom is -0.255 e. The Bertz CT molecular complexity index is 308. The van der Waals surface area contributed by atoms with E-state index in [0.717, 1.165) is 10.6 Å². The molecule has 0 saturated heterocycles. The summed E-state index contributed by atoms with van der Waals surface area (Å²) < 4.78 is 11.2. The van der Waals surface area contributed by atoms with Gasteiger partial charge in [-0.1, -0.05) is 12.1 Å². The highest BCUT2D eigenvalue weighted by Crippen LogP contribution is 2.11. The van der Waals surface area contributed by atoms with Crippen LogP contribution in [0.15, 0.2) is 29.2 Å². The molecule has 1 atom stereocenters. The van der Waals surface area contributed by atoms with Crippen molar-refractivity contribution in [3.8, 4) is 0 Å². The van der Waals surface area contributed by atoms with Gasteiger partial charge in [-0.2, -0.15) is 0 Å². The molecule has 0 amide bonds. The standard InChI is InChI=1S/C10H15OS2/c1-12(2)8-9-5-4-6-10(7-9)13(3)11/h4-7H,8H2,1-3H3/q+1. The van der Waals surface area contributed by atoms with Gasteiger partial charge in [0, 0.05) is 27.5 Å². The van der Waals surface area contributed by atoms with Crippen LogP contribution in [0, 0.1) is 0 Å². The maximum atomic E-state index is 11.2. The highest BCUT2D eigenvalue weighted by molar-refractivity contribution is 7.94. The zero-order valence-electron chi connectivity index (χ0n) is 8.24. The third kappa shape index (κ3) is 3.53. The van der Waals surface area contributed by atoms with E-state index in [1.807, 2.05) is 18.2 Å². The molecule has 0 heterocycles. The van der Waals surface area contributed by atoms with E-state index in [0.29, 0.717) is 10.9 Å². The lowest BCUT2D eigenvalue weighted by molar-refractivity contribution is 0.686. The molecule has 0 N–H and O–H groups in total. The van der Waals surface area contributed by atoms with E-state index in [4.69, 9.17) is 0 Å². The van der Waals surface area contributed by atoms with Crippen molar-refractivity contribution < 1.29 is 4.21 Å². The first-order valence-corrected chi connectivity index (χ1v) is 7.83. The van der Waals surface area contributed by atoms with Crippen molar-refractivity contribution in [2.75, 3.05) is 18.8 Å². The summed E-state index contributed by atoms with van der Waals surface area (Å²) in [5.41, 5.74) is 1.29. The van der Waals surface area contributed by atoms with Gasteiger partial charge in [-0.3, -0.25) is 4.21 Å². The van der Waals surface area contributed by atoms with Crippen molar-refractivity contribution in [2.45, 2.75) is 10.6 Å². The third-order valence-corrected chi connectivity index (χ3v) is 3.51. The molecule has 3 heteroatoms. The van der Waals surface area contributed by atoms with Crippen molar-refractivity contribution in [1.29, 1.82) is 0 Å². The molecular formula is C10H15OS2+. The Morgan fingerprint density at radius 1 is 1.38 bits per heavy atom. The molecule has 0 saturated carbocycles. The van der Waals surface area contributed by atoms with E-state index in [1.54, 1.807) is 6.26 Å². The minimum absolute atomic E-state index is 0.413. The lowest BCUT2D eigenvalue weighted by Gasteiger charge is -2.00. The van der Waals surface area contributed by atoms with Crippen LogP contribution >= 0.6 is 0 Å². The number of rotatable bonds is 3. The highest BCUT2D eigenvalue weighted by atomic mass is 32.2. The molecule has 13 heavy (non-hydrogen) atoms. The Balaban J connectivity index is 2.85. The fourth-order valence-electron chi connectivity index (χ4n) is 1.15. The predicted octanol–water partition coefficient (Wildman–Crippen LogP) is 1.80. The topological polar surface area (TPSA) is 17.1 Å². The number of hydrogen-bond acceptors (Lipinski definition) is 1. The summed E-state index contributed by atoms with van der Waals surface area (Å²) in [5, 5.41) is 0. The second-order valence-electron chi connectivity index (χ2n) is 3.23. The molecule has 0 spiro atoms. The molecule has 72 valence electrons. The summed E-state index contributed by atoms with van der Waals surface area (Å²) in [4.78, 5) is 0.933. The molecule has 1 rings (SSSR count). The van der Waals surface area contributed by atoms with Crippen LogP contribution in [-0.4, -0.2) is 23.0 Å². The normalized spacial score (nSPS) is 13.2. The Morgan fingerprint density at radius 2 is 2.08 bits per heavy atom. The fourth-order valence-corrected chi connectivity index (χ4v) is 2.58. The molecule has 1 aromatic carbocycles. The first kappa shape index (κ1) is 10.8. The van der Waals surface area contributed by atoms with E-state index in [9.17, 15) is 4.21 Å². The monoisotopic (exact) mass is 215 g/mol. The number of hydrogen-bond donors (Lipinski definition) is 0. The van der Waals surface area contributed by atoms with Gasteiger partial charge in [0.05, 0.1) is 12.5 Å². The van der Waals surface area contributed by atoms with Crippen LogP contribution in [0.25, 0.3) is 0 Å². The van der Waals surface area contributed by atoms with Crippen LogP contribution in [0.5, 0.6) is 0 Å². The van der Waals surface area contributed by atoms with E-state index in [-0.39, 0.29) is 0 Å². The van der Waals surface area contributed by atoms with Crippen LogP contribution in [-0.2, 0) is 27.4 Å². The Labute approximate surface area is 85.4 Å². The molecule has 1 aromatic rings. The molecule has 0 aromatic heterocycles. The fraction of sp³-hybridized carbons (Fsp3) is 0.400. The highest BCUT2D eigenvalue weighted by Gasteiger charge is 2.06. The van der Waals surface area contributed by atoms with E-state index >= 15 is 0 Å². The molecule has 0 fully saturated rings. The van der Waals surface area contributed by atoms with Crippen molar-refractivity contribution in [1.82, 2.24) is 0 Å². The smallest absolute Gasteiger partial charge is 0.132 e. The summed E-state index contributed by atoms with van der Waals surface area (Å²) in [5.74, 6) is 1.09. The average molecular weight is 215 g/mol. The molecule has 0 radical (unpaired) electrons. The molecule has 0 aliphatic rings. The summed E-state index contributed by atoms with van der Waals surface area (Å²) in [6.07, 6.45) is 6.15. The lowest BCUT2D eigenvalue weighted by Crippen LogP contribution is -2.00. The van der Waals surface area contributed by atoms with Gasteiger partial charge >= 0.3 is 0 Å². The summed E-state index contributed by atoms with van der Waals surface area (Å²) >= 11 is 0. The van der Waals surface area contributed by atoms with Crippen molar-refractivity contribution >= 4 is 21.7 Å². The van der Waals surface area contributed by atoms with E-state index in [1.165, 1.54) is 5.56 Å². The van der Waals surface area contributed by atoms with Crippen LogP contribution in [0.3, 0.4) is 0 Å². The van der Waals surface area contributed by atoms with Crippen molar-refractivity contribution in [2.24, 2.45) is 0 Å². The van der Waals surface area contributed by atoms with Gasteiger partial charge in [-0.15, -0.1) is 0 Å². The van der Waals surface area contributed by atoms with Gasteiger partial charge in [0.25, 0.3) is 0 Å². The van der Waals surface area contributed by atoms with Crippen molar-refractivity contribution in [3.05, 3.63) is 29.8 Å². The Kier molecular flexibility index (Phi) is 4.00. The maximum absolute atomic E-state index is 11.2. The number of benzene rings is 1. The quantitative estimate of drug-likeness (QED) is 0.703. The average Bonchev–Trinajstić information content (AvgIpc) is 2.03. The lowest BCUT2D eigenvalue weighted by atomic mass is 10.2. The zero-order chi connectivity index (χ0) is 9.84. The van der Waals surface area contributed by atoms with Crippen LogP contribution in [0.4, 0.5) is 0 Å². The molecular weight excluding hydrogens is 200 g/mol. The zero-order valence-corrected chi connectivity index (χ0v) is 9.87. The van der Waals surface area contributed by atoms with E-state index < -0.39 is 10.8 Å². The molecule has 0 aliphatic heterocycles. The second-order valence-corrected chi connectivity index (χ2v) is 6.87. The van der Waals surface area contributed by atoms with Crippen molar-refractivity contribution in [3.63, 3.8) is 0 Å². The summed E-state index contributed by atoms with van der Waals surface area (Å²) in [6, 6.07) is 8.05. The molecule has 1 nitrogen and oxygen atoms in total. The molecule has 1 unspecified atom stereocenters. The van der Waals surface area contributed by atoms with Gasteiger partial charge in [0.2, 0.25) is 0 Å². The molecule has 0 bridgehead atoms. The van der Waals surface area contributed by atoms with Crippen LogP contribution < -0.4 is 0 Å². The Morgan fingerprint density at radius 3 is 2.62 bits per heavy atom. The van der Waals surface area contributed by atoms with Crippen LogP contribution in [0.2, 0.25) is 0 Å². The minimum atomic E-state index is -0.851. The van der Waals surface area contributed by atoms with Gasteiger partial charge in [0.15, 0.2) is 0 Å². The SMILES string of the molecule is CS(=O)c1cccc(C[S+](C)C)c1. The van der Waals surface area contributed by atoms with E-state index in [2.05, 4.69) is 18.6 Å². The van der Waals surface area contributed by atoms with Gasteiger partial charge in [0.1, 0.15) is 5.75 Å². The van der Waals surface area contributed by atoms with Gasteiger partial charge in [-0.25, -0.2) is 0 Å². The summed E-state index contributed by atoms with van der Waals surface area (Å²) in [6.45, 7) is 0. The summed E-state index contributed by atoms with van der Waals surface area (Å²) in [7, 11) is -0.438. The van der Waals surface area contributed by atoms with Gasteiger partial charge < -0.3 is 0 Å². The largest absolute Gasteiger partial charge is 0.255 e. The van der Waals surface area contributed by atoms with Crippen LogP contribution in [0.1, 0.15) is 5.56 Å². The second kappa shape index (κ2) is 4.82. The predicted molar refractivity (Wildman–Crippen MR) is 61.7 cm³/mol. The van der Waals surface area contributed by atoms with Gasteiger partial charge in [-0.05, 0) is 23.0 Å². The third-order valence-electron chi connectivity index (χ3n) is 1.69. The first-order valence-electron chi connectivity index (χ1n) is 4.06.